The third-order valence-electron chi connectivity index (χ3n) is 4.60. The fraction of sp³-hybridized carbons (Fsp3) is 0.611. The average Bonchev–Trinajstić information content (AvgIpc) is 2.55. The number of nitrogens with one attached hydrogen (secondary N) is 1. The first-order valence-corrected chi connectivity index (χ1v) is 8.25. The van der Waals surface area contributed by atoms with E-state index in [0.717, 1.165) is 31.2 Å². The largest absolute Gasteiger partial charge is 0.393 e. The molecule has 1 fully saturated rings. The zero-order chi connectivity index (χ0) is 15.9. The number of benzene rings is 1. The first kappa shape index (κ1) is 17.1. The van der Waals surface area contributed by atoms with Gasteiger partial charge in [-0.25, -0.2) is 0 Å². The molecule has 0 heterocycles. The van der Waals surface area contributed by atoms with Gasteiger partial charge in [-0.05, 0) is 38.2 Å². The highest BCUT2D eigenvalue weighted by Crippen LogP contribution is 2.25. The maximum atomic E-state index is 12.1. The molecule has 22 heavy (non-hydrogen) atoms. The van der Waals surface area contributed by atoms with Crippen LogP contribution in [0.4, 0.5) is 0 Å². The molecule has 1 aromatic rings. The number of aliphatic hydroxyl groups is 2. The van der Waals surface area contributed by atoms with Crippen molar-refractivity contribution in [3.8, 4) is 0 Å². The van der Waals surface area contributed by atoms with Gasteiger partial charge in [-0.1, -0.05) is 30.3 Å². The normalized spacial score (nSPS) is 24.7. The van der Waals surface area contributed by atoms with Crippen molar-refractivity contribution in [2.45, 2.75) is 57.3 Å². The molecule has 0 saturated heterocycles. The Balaban J connectivity index is 1.70. The maximum absolute atomic E-state index is 12.1. The standard InChI is InChI=1S/C18H27NO3/c1-13(18(22)15-5-3-2-4-6-15)19-12-11-17(21)14-7-9-16(20)10-8-14/h2-6,13-14,16,18-20,22H,7-12H2,1H3. The summed E-state index contributed by atoms with van der Waals surface area (Å²) in [6.07, 6.45) is 2.81. The van der Waals surface area contributed by atoms with Gasteiger partial charge in [0.25, 0.3) is 0 Å². The lowest BCUT2D eigenvalue weighted by atomic mass is 9.84. The van der Waals surface area contributed by atoms with Crippen LogP contribution < -0.4 is 5.32 Å². The quantitative estimate of drug-likeness (QED) is 0.722. The smallest absolute Gasteiger partial charge is 0.137 e. The summed E-state index contributed by atoms with van der Waals surface area (Å²) >= 11 is 0. The van der Waals surface area contributed by atoms with E-state index in [1.807, 2.05) is 37.3 Å². The fourth-order valence-corrected chi connectivity index (χ4v) is 3.08. The number of rotatable bonds is 7. The maximum Gasteiger partial charge on any atom is 0.137 e. The lowest BCUT2D eigenvalue weighted by Gasteiger charge is -2.25. The predicted molar refractivity (Wildman–Crippen MR) is 86.5 cm³/mol. The van der Waals surface area contributed by atoms with Crippen LogP contribution in [0.2, 0.25) is 0 Å². The second kappa shape index (κ2) is 8.42. The molecule has 1 saturated carbocycles. The Morgan fingerprint density at radius 2 is 1.86 bits per heavy atom. The van der Waals surface area contributed by atoms with Gasteiger partial charge in [0.05, 0.1) is 12.2 Å². The minimum absolute atomic E-state index is 0.0941. The van der Waals surface area contributed by atoms with Crippen molar-refractivity contribution in [1.29, 1.82) is 0 Å². The molecule has 2 unspecified atom stereocenters. The third-order valence-corrected chi connectivity index (χ3v) is 4.60. The second-order valence-electron chi connectivity index (χ2n) is 6.32. The SMILES string of the molecule is CC(NCCC(=O)C1CCC(O)CC1)C(O)c1ccccc1. The monoisotopic (exact) mass is 305 g/mol. The van der Waals surface area contributed by atoms with Crippen molar-refractivity contribution in [2.75, 3.05) is 6.54 Å². The Kier molecular flexibility index (Phi) is 6.55. The van der Waals surface area contributed by atoms with E-state index in [1.165, 1.54) is 0 Å². The molecule has 4 heteroatoms. The van der Waals surface area contributed by atoms with Crippen LogP contribution in [0.15, 0.2) is 30.3 Å². The molecular formula is C18H27NO3. The topological polar surface area (TPSA) is 69.6 Å². The van der Waals surface area contributed by atoms with Gasteiger partial charge in [0.2, 0.25) is 0 Å². The van der Waals surface area contributed by atoms with Crippen molar-refractivity contribution in [3.05, 3.63) is 35.9 Å². The highest BCUT2D eigenvalue weighted by Gasteiger charge is 2.25. The van der Waals surface area contributed by atoms with E-state index in [9.17, 15) is 15.0 Å². The van der Waals surface area contributed by atoms with Crippen molar-refractivity contribution in [1.82, 2.24) is 5.32 Å². The van der Waals surface area contributed by atoms with Crippen LogP contribution in [-0.4, -0.2) is 34.7 Å². The Hall–Kier alpha value is -1.23. The molecule has 122 valence electrons. The zero-order valence-corrected chi connectivity index (χ0v) is 13.2. The molecule has 0 aliphatic heterocycles. The summed E-state index contributed by atoms with van der Waals surface area (Å²) in [7, 11) is 0. The first-order valence-electron chi connectivity index (χ1n) is 8.25. The Morgan fingerprint density at radius 3 is 2.50 bits per heavy atom. The van der Waals surface area contributed by atoms with Crippen LogP contribution in [0.25, 0.3) is 0 Å². The average molecular weight is 305 g/mol. The van der Waals surface area contributed by atoms with E-state index in [1.54, 1.807) is 0 Å². The molecule has 0 radical (unpaired) electrons. The van der Waals surface area contributed by atoms with Gasteiger partial charge in [-0.2, -0.15) is 0 Å². The summed E-state index contributed by atoms with van der Waals surface area (Å²) in [6, 6.07) is 9.46. The molecule has 0 bridgehead atoms. The zero-order valence-electron chi connectivity index (χ0n) is 13.2. The van der Waals surface area contributed by atoms with Crippen molar-refractivity contribution in [2.24, 2.45) is 5.92 Å². The van der Waals surface area contributed by atoms with Gasteiger partial charge < -0.3 is 15.5 Å². The van der Waals surface area contributed by atoms with Gasteiger partial charge >= 0.3 is 0 Å². The van der Waals surface area contributed by atoms with Crippen LogP contribution in [0.5, 0.6) is 0 Å². The number of aliphatic hydroxyl groups excluding tert-OH is 2. The summed E-state index contributed by atoms with van der Waals surface area (Å²) in [5, 5.41) is 23.0. The van der Waals surface area contributed by atoms with Crippen molar-refractivity contribution < 1.29 is 15.0 Å². The highest BCUT2D eigenvalue weighted by molar-refractivity contribution is 5.81. The first-order chi connectivity index (χ1) is 10.6. The Bertz CT molecular complexity index is 455. The molecule has 0 spiro atoms. The molecule has 0 amide bonds. The molecule has 2 rings (SSSR count). The summed E-state index contributed by atoms with van der Waals surface area (Å²) < 4.78 is 0. The van der Waals surface area contributed by atoms with E-state index < -0.39 is 6.10 Å². The lowest BCUT2D eigenvalue weighted by molar-refractivity contribution is -0.124. The molecule has 4 nitrogen and oxygen atoms in total. The number of Topliss-reactive ketones (excluding diaryl/α,β-unsaturated/α-hetero) is 1. The molecule has 1 aliphatic rings. The fourth-order valence-electron chi connectivity index (χ4n) is 3.08. The summed E-state index contributed by atoms with van der Waals surface area (Å²) in [5.74, 6) is 0.389. The van der Waals surface area contributed by atoms with Crippen LogP contribution in [-0.2, 0) is 4.79 Å². The van der Waals surface area contributed by atoms with Gasteiger partial charge in [-0.3, -0.25) is 4.79 Å². The predicted octanol–water partition coefficient (Wildman–Crippen LogP) is 2.21. The second-order valence-corrected chi connectivity index (χ2v) is 6.32. The van der Waals surface area contributed by atoms with E-state index >= 15 is 0 Å². The van der Waals surface area contributed by atoms with E-state index in [0.29, 0.717) is 13.0 Å². The number of carbonyl (C=O) groups excluding carboxylic acids is 1. The molecular weight excluding hydrogens is 278 g/mol. The van der Waals surface area contributed by atoms with Gasteiger partial charge in [0.15, 0.2) is 0 Å². The highest BCUT2D eigenvalue weighted by atomic mass is 16.3. The number of hydrogen-bond acceptors (Lipinski definition) is 4. The summed E-state index contributed by atoms with van der Waals surface area (Å²) in [6.45, 7) is 2.52. The molecule has 1 aliphatic carbocycles. The summed E-state index contributed by atoms with van der Waals surface area (Å²) in [5.41, 5.74) is 0.884. The summed E-state index contributed by atoms with van der Waals surface area (Å²) in [4.78, 5) is 12.1. The van der Waals surface area contributed by atoms with E-state index in [-0.39, 0.29) is 23.8 Å². The van der Waals surface area contributed by atoms with Gasteiger partial charge in [0, 0.05) is 24.9 Å². The third kappa shape index (κ3) is 4.90. The van der Waals surface area contributed by atoms with Gasteiger partial charge in [0.1, 0.15) is 5.78 Å². The molecule has 3 N–H and O–H groups in total. The number of ketones is 1. The minimum atomic E-state index is -0.568. The molecule has 0 aromatic heterocycles. The molecule has 2 atom stereocenters. The van der Waals surface area contributed by atoms with Crippen molar-refractivity contribution >= 4 is 5.78 Å². The van der Waals surface area contributed by atoms with E-state index in [2.05, 4.69) is 5.32 Å². The lowest BCUT2D eigenvalue weighted by Crippen LogP contribution is -2.35. The van der Waals surface area contributed by atoms with Crippen LogP contribution in [0.3, 0.4) is 0 Å². The Labute approximate surface area is 132 Å². The molecule has 1 aromatic carbocycles. The number of carbonyl (C=O) groups is 1. The van der Waals surface area contributed by atoms with Crippen LogP contribution >= 0.6 is 0 Å². The Morgan fingerprint density at radius 1 is 1.23 bits per heavy atom. The minimum Gasteiger partial charge on any atom is -0.393 e. The van der Waals surface area contributed by atoms with Crippen molar-refractivity contribution in [3.63, 3.8) is 0 Å². The van der Waals surface area contributed by atoms with Gasteiger partial charge in [-0.15, -0.1) is 0 Å². The van der Waals surface area contributed by atoms with Crippen LogP contribution in [0, 0.1) is 5.92 Å². The van der Waals surface area contributed by atoms with Crippen LogP contribution in [0.1, 0.15) is 50.7 Å². The van der Waals surface area contributed by atoms with E-state index in [4.69, 9.17) is 0 Å². The number of hydrogen-bond donors (Lipinski definition) is 3.